The number of aromatic nitrogens is 1. The average Bonchev–Trinajstić information content (AvgIpc) is 3.02. The summed E-state index contributed by atoms with van der Waals surface area (Å²) in [5.41, 5.74) is 7.09. The van der Waals surface area contributed by atoms with E-state index in [2.05, 4.69) is 20.9 Å². The zero-order valence-corrected chi connectivity index (χ0v) is 16.4. The molecular formula is C25H22FN3. The van der Waals surface area contributed by atoms with Gasteiger partial charge in [0, 0.05) is 40.2 Å². The predicted octanol–water partition coefficient (Wildman–Crippen LogP) is 6.73. The molecule has 1 N–H and O–H groups in total. The van der Waals surface area contributed by atoms with Crippen LogP contribution in [0, 0.1) is 19.7 Å². The fourth-order valence-corrected chi connectivity index (χ4v) is 3.37. The summed E-state index contributed by atoms with van der Waals surface area (Å²) in [4.78, 5) is 4.62. The predicted molar refractivity (Wildman–Crippen MR) is 119 cm³/mol. The SMILES string of the molecule is Cc1cc(C=Nc2ccc(Nc3ccccc3)cc2)c(C)n1-c1ccc(F)cc1. The van der Waals surface area contributed by atoms with Crippen LogP contribution in [0.25, 0.3) is 5.69 Å². The standard InChI is InChI=1S/C25H22FN3/c1-18-16-20(19(2)29(18)25-14-8-21(26)9-15-25)17-27-22-10-12-24(13-11-22)28-23-6-4-3-5-7-23/h3-17,28H,1-2H3. The van der Waals surface area contributed by atoms with Crippen LogP contribution in [-0.2, 0) is 0 Å². The number of aryl methyl sites for hydroxylation is 1. The molecule has 29 heavy (non-hydrogen) atoms. The Balaban J connectivity index is 1.52. The van der Waals surface area contributed by atoms with Crippen LogP contribution in [0.3, 0.4) is 0 Å². The lowest BCUT2D eigenvalue weighted by Crippen LogP contribution is -1.99. The van der Waals surface area contributed by atoms with Crippen molar-refractivity contribution in [3.63, 3.8) is 0 Å². The number of nitrogens with zero attached hydrogens (tertiary/aromatic N) is 2. The van der Waals surface area contributed by atoms with Gasteiger partial charge in [-0.25, -0.2) is 4.39 Å². The molecular weight excluding hydrogens is 361 g/mol. The molecule has 0 saturated carbocycles. The van der Waals surface area contributed by atoms with Gasteiger partial charge in [0.05, 0.1) is 5.69 Å². The Hall–Kier alpha value is -3.66. The molecule has 0 bridgehead atoms. The van der Waals surface area contributed by atoms with Gasteiger partial charge in [0.2, 0.25) is 0 Å². The van der Waals surface area contributed by atoms with Gasteiger partial charge >= 0.3 is 0 Å². The van der Waals surface area contributed by atoms with E-state index in [1.807, 2.05) is 74.7 Å². The monoisotopic (exact) mass is 383 g/mol. The van der Waals surface area contributed by atoms with Crippen molar-refractivity contribution in [1.29, 1.82) is 0 Å². The molecule has 0 amide bonds. The highest BCUT2D eigenvalue weighted by Crippen LogP contribution is 2.23. The van der Waals surface area contributed by atoms with Crippen molar-refractivity contribution in [3.05, 3.63) is 108 Å². The van der Waals surface area contributed by atoms with Crippen molar-refractivity contribution < 1.29 is 4.39 Å². The number of para-hydroxylation sites is 1. The molecule has 0 radical (unpaired) electrons. The van der Waals surface area contributed by atoms with Crippen molar-refractivity contribution in [2.45, 2.75) is 13.8 Å². The Morgan fingerprint density at radius 3 is 2.17 bits per heavy atom. The average molecular weight is 383 g/mol. The molecule has 0 fully saturated rings. The lowest BCUT2D eigenvalue weighted by molar-refractivity contribution is 0.627. The first-order valence-electron chi connectivity index (χ1n) is 9.51. The molecule has 1 aromatic heterocycles. The normalized spacial score (nSPS) is 11.1. The first-order chi connectivity index (χ1) is 14.1. The first kappa shape index (κ1) is 18.7. The van der Waals surface area contributed by atoms with Crippen LogP contribution in [0.2, 0.25) is 0 Å². The molecule has 0 saturated heterocycles. The Morgan fingerprint density at radius 2 is 1.48 bits per heavy atom. The van der Waals surface area contributed by atoms with Crippen LogP contribution in [0.15, 0.2) is 89.9 Å². The second kappa shape index (κ2) is 8.15. The summed E-state index contributed by atoms with van der Waals surface area (Å²) in [6.07, 6.45) is 1.88. The number of aliphatic imine (C=N–C) groups is 1. The summed E-state index contributed by atoms with van der Waals surface area (Å²) in [6, 6.07) is 26.7. The van der Waals surface area contributed by atoms with Gasteiger partial charge in [-0.2, -0.15) is 0 Å². The van der Waals surface area contributed by atoms with Gasteiger partial charge in [-0.15, -0.1) is 0 Å². The van der Waals surface area contributed by atoms with Gasteiger partial charge in [-0.1, -0.05) is 18.2 Å². The maximum absolute atomic E-state index is 13.2. The number of nitrogens with one attached hydrogen (secondary N) is 1. The fourth-order valence-electron chi connectivity index (χ4n) is 3.37. The molecule has 0 aliphatic carbocycles. The molecule has 4 heteroatoms. The number of hydrogen-bond donors (Lipinski definition) is 1. The Morgan fingerprint density at radius 1 is 0.828 bits per heavy atom. The van der Waals surface area contributed by atoms with Crippen molar-refractivity contribution in [1.82, 2.24) is 4.57 Å². The third-order valence-corrected chi connectivity index (χ3v) is 4.84. The van der Waals surface area contributed by atoms with E-state index in [0.29, 0.717) is 0 Å². The molecule has 3 nitrogen and oxygen atoms in total. The minimum Gasteiger partial charge on any atom is -0.356 e. The van der Waals surface area contributed by atoms with Crippen LogP contribution in [0.4, 0.5) is 21.5 Å². The molecule has 0 aliphatic heterocycles. The van der Waals surface area contributed by atoms with E-state index in [4.69, 9.17) is 0 Å². The van der Waals surface area contributed by atoms with Crippen LogP contribution >= 0.6 is 0 Å². The van der Waals surface area contributed by atoms with E-state index < -0.39 is 0 Å². The van der Waals surface area contributed by atoms with Crippen molar-refractivity contribution in [2.24, 2.45) is 4.99 Å². The summed E-state index contributed by atoms with van der Waals surface area (Å²) in [6.45, 7) is 4.09. The maximum atomic E-state index is 13.2. The Labute approximate surface area is 170 Å². The van der Waals surface area contributed by atoms with E-state index in [0.717, 1.165) is 39.7 Å². The molecule has 0 aliphatic rings. The first-order valence-corrected chi connectivity index (χ1v) is 9.51. The quantitative estimate of drug-likeness (QED) is 0.381. The topological polar surface area (TPSA) is 29.3 Å². The minimum absolute atomic E-state index is 0.233. The van der Waals surface area contributed by atoms with Crippen LogP contribution < -0.4 is 5.32 Å². The second-order valence-corrected chi connectivity index (χ2v) is 6.93. The highest BCUT2D eigenvalue weighted by molar-refractivity contribution is 5.84. The van der Waals surface area contributed by atoms with Crippen molar-refractivity contribution in [3.8, 4) is 5.69 Å². The number of halogens is 1. The van der Waals surface area contributed by atoms with Gasteiger partial charge in [0.1, 0.15) is 5.82 Å². The van der Waals surface area contributed by atoms with Gasteiger partial charge in [0.15, 0.2) is 0 Å². The molecule has 0 atom stereocenters. The molecule has 4 rings (SSSR count). The summed E-state index contributed by atoms with van der Waals surface area (Å²) >= 11 is 0. The number of benzene rings is 3. The molecule has 1 heterocycles. The molecule has 0 unspecified atom stereocenters. The van der Waals surface area contributed by atoms with E-state index in [-0.39, 0.29) is 5.82 Å². The Bertz CT molecular complexity index is 1130. The van der Waals surface area contributed by atoms with Crippen molar-refractivity contribution in [2.75, 3.05) is 5.32 Å². The van der Waals surface area contributed by atoms with Gasteiger partial charge in [-0.3, -0.25) is 4.99 Å². The molecule has 144 valence electrons. The van der Waals surface area contributed by atoms with E-state index >= 15 is 0 Å². The number of hydrogen-bond acceptors (Lipinski definition) is 2. The lowest BCUT2D eigenvalue weighted by Gasteiger charge is -2.09. The molecule has 4 aromatic rings. The highest BCUT2D eigenvalue weighted by atomic mass is 19.1. The second-order valence-electron chi connectivity index (χ2n) is 6.93. The van der Waals surface area contributed by atoms with Crippen LogP contribution in [0.5, 0.6) is 0 Å². The Kier molecular flexibility index (Phi) is 5.25. The fraction of sp³-hybridized carbons (Fsp3) is 0.0800. The zero-order valence-electron chi connectivity index (χ0n) is 16.4. The van der Waals surface area contributed by atoms with E-state index in [1.54, 1.807) is 12.1 Å². The van der Waals surface area contributed by atoms with Crippen LogP contribution in [-0.4, -0.2) is 10.8 Å². The zero-order chi connectivity index (χ0) is 20.2. The summed E-state index contributed by atoms with van der Waals surface area (Å²) in [7, 11) is 0. The van der Waals surface area contributed by atoms with Gasteiger partial charge in [-0.05, 0) is 80.6 Å². The maximum Gasteiger partial charge on any atom is 0.123 e. The third kappa shape index (κ3) is 4.27. The minimum atomic E-state index is -0.233. The summed E-state index contributed by atoms with van der Waals surface area (Å²) in [5, 5.41) is 3.37. The van der Waals surface area contributed by atoms with Crippen molar-refractivity contribution >= 4 is 23.3 Å². The molecule has 3 aromatic carbocycles. The summed E-state index contributed by atoms with van der Waals surface area (Å²) in [5.74, 6) is -0.233. The van der Waals surface area contributed by atoms with Crippen LogP contribution in [0.1, 0.15) is 17.0 Å². The smallest absolute Gasteiger partial charge is 0.123 e. The molecule has 0 spiro atoms. The highest BCUT2D eigenvalue weighted by Gasteiger charge is 2.09. The largest absolute Gasteiger partial charge is 0.356 e. The lowest BCUT2D eigenvalue weighted by atomic mass is 10.2. The van der Waals surface area contributed by atoms with Gasteiger partial charge in [0.25, 0.3) is 0 Å². The van der Waals surface area contributed by atoms with E-state index in [9.17, 15) is 4.39 Å². The third-order valence-electron chi connectivity index (χ3n) is 4.84. The summed E-state index contributed by atoms with van der Waals surface area (Å²) < 4.78 is 15.3. The van der Waals surface area contributed by atoms with E-state index in [1.165, 1.54) is 12.1 Å². The number of rotatable bonds is 5. The number of anilines is 2. The van der Waals surface area contributed by atoms with Gasteiger partial charge < -0.3 is 9.88 Å².